The van der Waals surface area contributed by atoms with Gasteiger partial charge in [-0.2, -0.15) is 15.2 Å². The highest BCUT2D eigenvalue weighted by Crippen LogP contribution is 2.47. The van der Waals surface area contributed by atoms with Crippen LogP contribution >= 0.6 is 0 Å². The summed E-state index contributed by atoms with van der Waals surface area (Å²) in [5, 5.41) is 27.0. The van der Waals surface area contributed by atoms with E-state index in [1.54, 1.807) is 24.1 Å². The lowest BCUT2D eigenvalue weighted by molar-refractivity contribution is -0.223. The Balaban J connectivity index is 2.44. The molecule has 1 fully saturated rings. The molecule has 0 unspecified atom stereocenters. The molecule has 1 aromatic heterocycles. The summed E-state index contributed by atoms with van der Waals surface area (Å²) in [7, 11) is 1.80. The van der Waals surface area contributed by atoms with Gasteiger partial charge in [0.25, 0.3) is 0 Å². The summed E-state index contributed by atoms with van der Waals surface area (Å²) in [5.74, 6) is 0. The third kappa shape index (κ3) is 1.52. The zero-order chi connectivity index (χ0) is 13.0. The van der Waals surface area contributed by atoms with Gasteiger partial charge in [0.05, 0.1) is 17.3 Å². The highest BCUT2D eigenvalue weighted by atomic mass is 16.6. The first-order valence-corrected chi connectivity index (χ1v) is 5.64. The Labute approximate surface area is 101 Å². The number of hydroxylamine groups is 4. The molecule has 0 saturated carbocycles. The molecule has 17 heavy (non-hydrogen) atoms. The van der Waals surface area contributed by atoms with E-state index in [4.69, 9.17) is 0 Å². The molecule has 2 rings (SSSR count). The van der Waals surface area contributed by atoms with Gasteiger partial charge in [0.15, 0.2) is 0 Å². The van der Waals surface area contributed by atoms with Crippen molar-refractivity contribution in [2.45, 2.75) is 44.9 Å². The van der Waals surface area contributed by atoms with Crippen molar-refractivity contribution in [1.82, 2.24) is 19.9 Å². The summed E-state index contributed by atoms with van der Waals surface area (Å²) in [6.45, 7) is 7.58. The van der Waals surface area contributed by atoms with Crippen molar-refractivity contribution in [3.05, 3.63) is 18.0 Å². The monoisotopic (exact) mass is 240 g/mol. The van der Waals surface area contributed by atoms with E-state index < -0.39 is 17.2 Å². The summed E-state index contributed by atoms with van der Waals surface area (Å²) >= 11 is 0. The molecule has 0 aliphatic carbocycles. The molecule has 0 amide bonds. The van der Waals surface area contributed by atoms with E-state index in [2.05, 4.69) is 5.10 Å². The maximum absolute atomic E-state index is 10.3. The van der Waals surface area contributed by atoms with Crippen molar-refractivity contribution in [2.75, 3.05) is 0 Å². The van der Waals surface area contributed by atoms with Crippen LogP contribution in [0.5, 0.6) is 0 Å². The molecular formula is C11H20N4O2. The van der Waals surface area contributed by atoms with E-state index >= 15 is 0 Å². The van der Waals surface area contributed by atoms with Gasteiger partial charge in [-0.1, -0.05) is 0 Å². The second-order valence-electron chi connectivity index (χ2n) is 5.63. The van der Waals surface area contributed by atoms with Crippen LogP contribution in [0, 0.1) is 0 Å². The highest BCUT2D eigenvalue weighted by Gasteiger charge is 2.58. The molecule has 1 aliphatic heterocycles. The molecule has 0 spiro atoms. The Morgan fingerprint density at radius 3 is 1.94 bits per heavy atom. The molecule has 0 bridgehead atoms. The second kappa shape index (κ2) is 3.52. The molecule has 1 aromatic rings. The quantitative estimate of drug-likeness (QED) is 0.776. The van der Waals surface area contributed by atoms with E-state index in [1.165, 1.54) is 10.1 Å². The summed E-state index contributed by atoms with van der Waals surface area (Å²) in [6.07, 6.45) is 2.84. The van der Waals surface area contributed by atoms with Gasteiger partial charge in [0, 0.05) is 18.8 Å². The van der Waals surface area contributed by atoms with Gasteiger partial charge in [-0.25, -0.2) is 0 Å². The van der Waals surface area contributed by atoms with Crippen LogP contribution in [-0.4, -0.2) is 41.4 Å². The van der Waals surface area contributed by atoms with Crippen molar-refractivity contribution in [3.63, 3.8) is 0 Å². The maximum atomic E-state index is 10.3. The largest absolute Gasteiger partial charge is 0.311 e. The van der Waals surface area contributed by atoms with Gasteiger partial charge in [-0.15, -0.1) is 0 Å². The molecule has 6 nitrogen and oxygen atoms in total. The van der Waals surface area contributed by atoms with Crippen molar-refractivity contribution in [1.29, 1.82) is 0 Å². The molecule has 0 atom stereocenters. The Morgan fingerprint density at radius 2 is 1.59 bits per heavy atom. The topological polar surface area (TPSA) is 64.8 Å². The van der Waals surface area contributed by atoms with E-state index in [9.17, 15) is 10.4 Å². The van der Waals surface area contributed by atoms with Crippen LogP contribution in [0.3, 0.4) is 0 Å². The van der Waals surface area contributed by atoms with Gasteiger partial charge < -0.3 is 10.4 Å². The van der Waals surface area contributed by atoms with Crippen LogP contribution in [0.1, 0.15) is 39.4 Å². The van der Waals surface area contributed by atoms with E-state index in [-0.39, 0.29) is 0 Å². The minimum absolute atomic E-state index is 0.567. The predicted octanol–water partition coefficient (Wildman–Crippen LogP) is 1.37. The van der Waals surface area contributed by atoms with Gasteiger partial charge in [0.1, 0.15) is 6.17 Å². The predicted molar refractivity (Wildman–Crippen MR) is 61.4 cm³/mol. The van der Waals surface area contributed by atoms with Crippen molar-refractivity contribution in [3.8, 4) is 0 Å². The number of nitrogens with zero attached hydrogens (tertiary/aromatic N) is 4. The zero-order valence-corrected chi connectivity index (χ0v) is 10.9. The first-order valence-electron chi connectivity index (χ1n) is 5.64. The van der Waals surface area contributed by atoms with Crippen molar-refractivity contribution < 1.29 is 10.4 Å². The molecule has 0 radical (unpaired) electrons. The summed E-state index contributed by atoms with van der Waals surface area (Å²) in [6, 6.07) is 0. The van der Waals surface area contributed by atoms with Gasteiger partial charge in [-0.05, 0) is 27.7 Å². The van der Waals surface area contributed by atoms with Crippen LogP contribution < -0.4 is 0 Å². The van der Waals surface area contributed by atoms with Gasteiger partial charge >= 0.3 is 0 Å². The fourth-order valence-corrected chi connectivity index (χ4v) is 2.13. The summed E-state index contributed by atoms with van der Waals surface area (Å²) in [5.41, 5.74) is -0.374. The smallest absolute Gasteiger partial charge is 0.139 e. The summed E-state index contributed by atoms with van der Waals surface area (Å²) in [4.78, 5) is 0. The van der Waals surface area contributed by atoms with Gasteiger partial charge in [-0.3, -0.25) is 4.68 Å². The third-order valence-electron chi connectivity index (χ3n) is 4.13. The minimum Gasteiger partial charge on any atom is -0.311 e. The first kappa shape index (κ1) is 12.5. The first-order chi connectivity index (χ1) is 7.69. The minimum atomic E-state index is -0.589. The average Bonchev–Trinajstić information content (AvgIpc) is 2.67. The Hall–Kier alpha value is -0.950. The van der Waals surface area contributed by atoms with Crippen LogP contribution in [0.4, 0.5) is 0 Å². The number of aryl methyl sites for hydroxylation is 1. The lowest BCUT2D eigenvalue weighted by atomic mass is 9.84. The highest BCUT2D eigenvalue weighted by molar-refractivity contribution is 5.17. The number of hydrogen-bond donors (Lipinski definition) is 2. The van der Waals surface area contributed by atoms with E-state index in [1.807, 2.05) is 27.7 Å². The number of aromatic nitrogens is 2. The maximum Gasteiger partial charge on any atom is 0.139 e. The van der Waals surface area contributed by atoms with Crippen LogP contribution in [0.15, 0.2) is 12.4 Å². The molecule has 1 aliphatic rings. The molecule has 2 N–H and O–H groups in total. The molecular weight excluding hydrogens is 220 g/mol. The molecule has 6 heteroatoms. The number of rotatable bonds is 1. The molecule has 0 aromatic carbocycles. The van der Waals surface area contributed by atoms with E-state index in [0.717, 1.165) is 5.56 Å². The van der Waals surface area contributed by atoms with Crippen LogP contribution in [0.2, 0.25) is 0 Å². The fourth-order valence-electron chi connectivity index (χ4n) is 2.13. The second-order valence-corrected chi connectivity index (χ2v) is 5.63. The Bertz CT molecular complexity index is 407. The Morgan fingerprint density at radius 1 is 1.12 bits per heavy atom. The van der Waals surface area contributed by atoms with Crippen LogP contribution in [0.25, 0.3) is 0 Å². The van der Waals surface area contributed by atoms with Crippen molar-refractivity contribution in [2.24, 2.45) is 7.05 Å². The summed E-state index contributed by atoms with van der Waals surface area (Å²) < 4.78 is 1.65. The lowest BCUT2D eigenvalue weighted by Crippen LogP contribution is -2.52. The van der Waals surface area contributed by atoms with Crippen LogP contribution in [-0.2, 0) is 7.05 Å². The number of hydrogen-bond acceptors (Lipinski definition) is 5. The lowest BCUT2D eigenvalue weighted by Gasteiger charge is -2.37. The van der Waals surface area contributed by atoms with Crippen molar-refractivity contribution >= 4 is 0 Å². The standard InChI is InChI=1S/C11H20N4O2/c1-10(2)11(3,4)15(17)9(14(10)16)8-6-12-13(5)7-8/h6-7,9,16-17H,1-5H3. The Kier molecular flexibility index (Phi) is 2.59. The molecule has 96 valence electrons. The molecule has 1 saturated heterocycles. The average molecular weight is 240 g/mol. The van der Waals surface area contributed by atoms with E-state index in [0.29, 0.717) is 0 Å². The molecule has 2 heterocycles. The normalized spacial score (nSPS) is 25.6. The van der Waals surface area contributed by atoms with Gasteiger partial charge in [0.2, 0.25) is 0 Å². The third-order valence-corrected chi connectivity index (χ3v) is 4.13. The SMILES string of the molecule is Cn1cc(C2N(O)C(C)(C)C(C)(C)N2O)cn1. The zero-order valence-electron chi connectivity index (χ0n) is 10.9. The fraction of sp³-hybridized carbons (Fsp3) is 0.727.